The van der Waals surface area contributed by atoms with E-state index in [2.05, 4.69) is 28.0 Å². The van der Waals surface area contributed by atoms with Gasteiger partial charge < -0.3 is 25.2 Å². The highest BCUT2D eigenvalue weighted by molar-refractivity contribution is 7.91. The van der Waals surface area contributed by atoms with Gasteiger partial charge in [0, 0.05) is 32.5 Å². The normalized spacial score (nSPS) is 28.3. The van der Waals surface area contributed by atoms with Gasteiger partial charge in [0.1, 0.15) is 23.7 Å². The second-order valence-electron chi connectivity index (χ2n) is 14.4. The Kier molecular flexibility index (Phi) is 10.5. The molecule has 6 amide bonds. The first-order valence-corrected chi connectivity index (χ1v) is 19.5. The van der Waals surface area contributed by atoms with Gasteiger partial charge >= 0.3 is 12.1 Å². The summed E-state index contributed by atoms with van der Waals surface area (Å²) in [6, 6.07) is 3.37. The van der Waals surface area contributed by atoms with Crippen molar-refractivity contribution < 1.29 is 37.1 Å². The summed E-state index contributed by atoms with van der Waals surface area (Å²) in [6.45, 7) is 6.78. The van der Waals surface area contributed by atoms with Crippen LogP contribution in [0.5, 0.6) is 0 Å². The lowest BCUT2D eigenvalue weighted by molar-refractivity contribution is -0.141. The van der Waals surface area contributed by atoms with E-state index in [1.165, 1.54) is 15.9 Å². The number of ether oxygens (including phenoxy) is 1. The van der Waals surface area contributed by atoms with Crippen LogP contribution in [0.2, 0.25) is 0 Å². The van der Waals surface area contributed by atoms with E-state index in [1.54, 1.807) is 11.9 Å². The van der Waals surface area contributed by atoms with Crippen molar-refractivity contribution in [2.45, 2.75) is 107 Å². The van der Waals surface area contributed by atoms with Crippen LogP contribution < -0.4 is 15.4 Å². The highest BCUT2D eigenvalue weighted by Crippen LogP contribution is 2.45. The predicted octanol–water partition coefficient (Wildman–Crippen LogP) is 2.78. The summed E-state index contributed by atoms with van der Waals surface area (Å²) in [5.74, 6) is -2.56. The highest BCUT2D eigenvalue weighted by atomic mass is 32.2. The maximum absolute atomic E-state index is 14.3. The van der Waals surface area contributed by atoms with E-state index in [1.807, 2.05) is 31.2 Å². The molecule has 3 heterocycles. The molecule has 276 valence electrons. The average molecular weight is 725 g/mol. The number of hydrogen-bond acceptors (Lipinski definition) is 8. The Labute approximate surface area is 299 Å². The first-order chi connectivity index (χ1) is 24.4. The number of nitrogens with zero attached hydrogens (tertiary/aromatic N) is 3. The van der Waals surface area contributed by atoms with Gasteiger partial charge in [0.25, 0.3) is 5.91 Å². The van der Waals surface area contributed by atoms with Gasteiger partial charge in [-0.25, -0.2) is 18.0 Å². The molecule has 15 heteroatoms. The van der Waals surface area contributed by atoms with Crippen molar-refractivity contribution in [3.63, 3.8) is 0 Å². The second-order valence-corrected chi connectivity index (χ2v) is 16.3. The zero-order valence-corrected chi connectivity index (χ0v) is 30.1. The Hall–Kier alpha value is -4.40. The smallest absolute Gasteiger partial charge is 0.410 e. The highest BCUT2D eigenvalue weighted by Gasteiger charge is 2.62. The third-order valence-corrected chi connectivity index (χ3v) is 12.4. The SMILES string of the molecule is C=C[C@@H]1C[C@]1(NC(=O)[C@@H]1C[C@@H]2CN1C(=O)[C@H](CCCC)NC(=O)N(C)CCCC=Cc1cccc3c1CN(C3)C(=O)O2)C(=O)NS(=O)(=O)C1CC1. The monoisotopic (exact) mass is 724 g/mol. The molecular weight excluding hydrogens is 676 g/mol. The summed E-state index contributed by atoms with van der Waals surface area (Å²) >= 11 is 0. The van der Waals surface area contributed by atoms with E-state index in [9.17, 15) is 32.4 Å². The molecule has 2 aliphatic carbocycles. The van der Waals surface area contributed by atoms with Gasteiger partial charge in [-0.05, 0) is 55.2 Å². The topological polar surface area (TPSA) is 175 Å². The fraction of sp³-hybridized carbons (Fsp3) is 0.583. The van der Waals surface area contributed by atoms with Crippen LogP contribution in [0.25, 0.3) is 6.08 Å². The van der Waals surface area contributed by atoms with Crippen LogP contribution in [-0.4, -0.2) is 102 Å². The maximum atomic E-state index is 14.3. The number of sulfonamides is 1. The van der Waals surface area contributed by atoms with Gasteiger partial charge in [0.2, 0.25) is 21.8 Å². The molecule has 2 saturated carbocycles. The molecule has 3 N–H and O–H groups in total. The molecular formula is C36H48N6O8S. The second kappa shape index (κ2) is 14.7. The van der Waals surface area contributed by atoms with Crippen LogP contribution in [0.15, 0.2) is 36.9 Å². The van der Waals surface area contributed by atoms with E-state index in [0.29, 0.717) is 51.7 Å². The van der Waals surface area contributed by atoms with E-state index in [4.69, 9.17) is 4.74 Å². The average Bonchev–Trinajstić information content (AvgIpc) is 3.99. The number of rotatable bonds is 9. The third-order valence-electron chi connectivity index (χ3n) is 10.6. The summed E-state index contributed by atoms with van der Waals surface area (Å²) in [5, 5.41) is 4.99. The largest absolute Gasteiger partial charge is 0.444 e. The molecule has 51 heavy (non-hydrogen) atoms. The molecule has 6 rings (SSSR count). The fourth-order valence-electron chi connectivity index (χ4n) is 7.23. The molecule has 5 atom stereocenters. The number of carbonyl (C=O) groups excluding carboxylic acids is 5. The zero-order valence-electron chi connectivity index (χ0n) is 29.3. The molecule has 3 aliphatic heterocycles. The van der Waals surface area contributed by atoms with Crippen molar-refractivity contribution in [1.82, 2.24) is 30.1 Å². The van der Waals surface area contributed by atoms with Gasteiger partial charge in [-0.1, -0.05) is 56.2 Å². The van der Waals surface area contributed by atoms with Gasteiger partial charge in [0.05, 0.1) is 18.3 Å². The summed E-state index contributed by atoms with van der Waals surface area (Å²) in [7, 11) is -2.22. The minimum absolute atomic E-state index is 0.0523. The van der Waals surface area contributed by atoms with Crippen LogP contribution in [-0.2, 0) is 42.2 Å². The molecule has 0 spiro atoms. The predicted molar refractivity (Wildman–Crippen MR) is 188 cm³/mol. The van der Waals surface area contributed by atoms with Crippen LogP contribution in [0.1, 0.15) is 81.4 Å². The maximum Gasteiger partial charge on any atom is 0.410 e. The van der Waals surface area contributed by atoms with E-state index >= 15 is 0 Å². The van der Waals surface area contributed by atoms with E-state index in [-0.39, 0.29) is 19.4 Å². The van der Waals surface area contributed by atoms with Crippen molar-refractivity contribution >= 4 is 45.9 Å². The Balaban J connectivity index is 1.27. The van der Waals surface area contributed by atoms with E-state index in [0.717, 1.165) is 29.5 Å². The first kappa shape index (κ1) is 36.4. The molecule has 0 unspecified atom stereocenters. The Morgan fingerprint density at radius 2 is 1.96 bits per heavy atom. The van der Waals surface area contributed by atoms with Crippen LogP contribution in [0.4, 0.5) is 9.59 Å². The van der Waals surface area contributed by atoms with Crippen molar-refractivity contribution in [2.24, 2.45) is 5.92 Å². The molecule has 1 aromatic carbocycles. The first-order valence-electron chi connectivity index (χ1n) is 17.9. The lowest BCUT2D eigenvalue weighted by Crippen LogP contribution is -2.58. The van der Waals surface area contributed by atoms with Crippen molar-refractivity contribution in [1.29, 1.82) is 0 Å². The van der Waals surface area contributed by atoms with Crippen molar-refractivity contribution in [2.75, 3.05) is 20.1 Å². The fourth-order valence-corrected chi connectivity index (χ4v) is 8.59. The number of hydrogen-bond donors (Lipinski definition) is 3. The van der Waals surface area contributed by atoms with Crippen molar-refractivity contribution in [3.05, 3.63) is 53.6 Å². The summed E-state index contributed by atoms with van der Waals surface area (Å²) in [4.78, 5) is 73.2. The number of nitrogens with one attached hydrogen (secondary N) is 3. The number of amides is 6. The third kappa shape index (κ3) is 7.77. The number of carbonyl (C=O) groups is 5. The number of unbranched alkanes of at least 4 members (excludes halogenated alkanes) is 1. The van der Waals surface area contributed by atoms with Gasteiger partial charge in [-0.15, -0.1) is 6.58 Å². The van der Waals surface area contributed by atoms with Crippen LogP contribution >= 0.6 is 0 Å². The summed E-state index contributed by atoms with van der Waals surface area (Å²) in [5.41, 5.74) is 1.47. The van der Waals surface area contributed by atoms with Gasteiger partial charge in [-0.2, -0.15) is 0 Å². The van der Waals surface area contributed by atoms with E-state index < -0.39 is 74.8 Å². The minimum atomic E-state index is -3.89. The summed E-state index contributed by atoms with van der Waals surface area (Å²) in [6.07, 6.45) is 8.27. The standard InChI is InChI=1S/C36H48N6O8S/c1-4-6-14-29-32(44)42-21-26(18-30(42)31(43)38-36(19-25(36)5-2)33(45)39-51(48,49)27-15-16-27)50-35(47)41-20-24-13-10-12-23(28(24)22-41)11-8-7-9-17-40(3)34(46)37-29/h5,8,10-13,25-27,29-30H,2,4,6-7,9,14-22H2,1,3H3,(H,37,46)(H,38,43)(H,39,45)/t25-,26-,29+,30+,36-/m1/s1. The zero-order chi connectivity index (χ0) is 36.5. The Morgan fingerprint density at radius 3 is 2.67 bits per heavy atom. The molecule has 1 saturated heterocycles. The number of benzene rings is 1. The number of allylic oxidation sites excluding steroid dienone is 1. The van der Waals surface area contributed by atoms with Crippen molar-refractivity contribution in [3.8, 4) is 0 Å². The molecule has 5 aliphatic rings. The number of urea groups is 1. The quantitative estimate of drug-likeness (QED) is 0.326. The summed E-state index contributed by atoms with van der Waals surface area (Å²) < 4.78 is 33.4. The molecule has 1 aromatic rings. The van der Waals surface area contributed by atoms with Crippen LogP contribution in [0, 0.1) is 5.92 Å². The Morgan fingerprint density at radius 1 is 1.18 bits per heavy atom. The minimum Gasteiger partial charge on any atom is -0.444 e. The molecule has 0 radical (unpaired) electrons. The molecule has 0 aromatic heterocycles. The molecule has 4 bridgehead atoms. The molecule has 3 fully saturated rings. The molecule has 14 nitrogen and oxygen atoms in total. The lowest BCUT2D eigenvalue weighted by Gasteiger charge is -2.30. The Bertz CT molecular complexity index is 1730. The lowest BCUT2D eigenvalue weighted by atomic mass is 10.0. The van der Waals surface area contributed by atoms with Gasteiger partial charge in [-0.3, -0.25) is 24.0 Å². The van der Waals surface area contributed by atoms with Crippen LogP contribution in [0.3, 0.4) is 0 Å². The van der Waals surface area contributed by atoms with Gasteiger partial charge in [0.15, 0.2) is 0 Å². The number of fused-ring (bicyclic) bond motifs is 3.